The van der Waals surface area contributed by atoms with E-state index in [1.54, 1.807) is 0 Å². The third-order valence-electron chi connectivity index (χ3n) is 3.66. The Labute approximate surface area is 137 Å². The van der Waals surface area contributed by atoms with Gasteiger partial charge in [0.05, 0.1) is 0 Å². The van der Waals surface area contributed by atoms with Crippen molar-refractivity contribution in [3.8, 4) is 0 Å². The summed E-state index contributed by atoms with van der Waals surface area (Å²) in [5.41, 5.74) is 0. The molecule has 1 unspecified atom stereocenters. The highest BCUT2D eigenvalue weighted by Crippen LogP contribution is 2.17. The van der Waals surface area contributed by atoms with Gasteiger partial charge in [0.2, 0.25) is 0 Å². The molecule has 0 heterocycles. The molecule has 3 N–H and O–H groups in total. The fourth-order valence-corrected chi connectivity index (χ4v) is 2.38. The topological polar surface area (TPSA) is 94.8 Å². The summed E-state index contributed by atoms with van der Waals surface area (Å²) in [6.45, 7) is 5.00. The maximum absolute atomic E-state index is 8.74. The normalized spacial score (nSPS) is 12.6. The van der Waals surface area contributed by atoms with Gasteiger partial charge in [0.15, 0.2) is 0 Å². The number of aliphatic hydroxyl groups excluding tert-OH is 1. The second-order valence-electron chi connectivity index (χ2n) is 6.04. The van der Waals surface area contributed by atoms with Gasteiger partial charge in [-0.15, -0.1) is 0 Å². The summed E-state index contributed by atoms with van der Waals surface area (Å²) in [6, 6.07) is 0. The van der Waals surface area contributed by atoms with Gasteiger partial charge in [-0.1, -0.05) is 84.5 Å². The van der Waals surface area contributed by atoms with E-state index >= 15 is 0 Å². The molecule has 0 aliphatic carbocycles. The van der Waals surface area contributed by atoms with Crippen LogP contribution in [0.3, 0.4) is 0 Å². The predicted molar refractivity (Wildman–Crippen MR) is 91.5 cm³/mol. The Morgan fingerprint density at radius 2 is 1.14 bits per heavy atom. The van der Waals surface area contributed by atoms with E-state index in [-0.39, 0.29) is 0 Å². The molecule has 0 radical (unpaired) electrons. The molecule has 136 valence electrons. The van der Waals surface area contributed by atoms with E-state index in [9.17, 15) is 0 Å². The van der Waals surface area contributed by atoms with E-state index in [1.807, 2.05) is 0 Å². The van der Waals surface area contributed by atoms with Gasteiger partial charge in [0, 0.05) is 6.61 Å². The summed E-state index contributed by atoms with van der Waals surface area (Å²) in [5.74, 6) is 0.863. The van der Waals surface area contributed by atoms with E-state index < -0.39 is 10.4 Å². The van der Waals surface area contributed by atoms with Gasteiger partial charge in [-0.25, -0.2) is 0 Å². The predicted octanol–water partition coefficient (Wildman–Crippen LogP) is 4.66. The molecule has 6 heteroatoms. The lowest BCUT2D eigenvalue weighted by Crippen LogP contribution is -1.96. The van der Waals surface area contributed by atoms with Crippen LogP contribution in [0.1, 0.15) is 90.9 Å². The largest absolute Gasteiger partial charge is 0.396 e. The van der Waals surface area contributed by atoms with Gasteiger partial charge in [-0.05, 0) is 12.3 Å². The SMILES string of the molecule is CCCCCCCCCCC(C)CCCCO.O=S(=O)(O)O. The molecule has 1 atom stereocenters. The van der Waals surface area contributed by atoms with Gasteiger partial charge in [0.25, 0.3) is 0 Å². The lowest BCUT2D eigenvalue weighted by atomic mass is 9.97. The minimum absolute atomic E-state index is 0.366. The molecule has 0 rings (SSSR count). The molecule has 0 aliphatic rings. The molecule has 0 fully saturated rings. The van der Waals surface area contributed by atoms with Crippen molar-refractivity contribution in [1.82, 2.24) is 0 Å². The van der Waals surface area contributed by atoms with Gasteiger partial charge in [-0.3, -0.25) is 9.11 Å². The molecule has 0 aromatic heterocycles. The Balaban J connectivity index is 0. The zero-order valence-electron chi connectivity index (χ0n) is 14.3. The molecular formula is C16H36O5S. The third-order valence-corrected chi connectivity index (χ3v) is 3.66. The number of hydrogen-bond acceptors (Lipinski definition) is 3. The van der Waals surface area contributed by atoms with E-state index in [0.29, 0.717) is 6.61 Å². The minimum Gasteiger partial charge on any atom is -0.396 e. The Kier molecular flexibility index (Phi) is 18.8. The van der Waals surface area contributed by atoms with Crippen molar-refractivity contribution in [2.24, 2.45) is 5.92 Å². The van der Waals surface area contributed by atoms with Crippen LogP contribution in [0.5, 0.6) is 0 Å². The highest BCUT2D eigenvalue weighted by Gasteiger charge is 2.01. The summed E-state index contributed by atoms with van der Waals surface area (Å²) in [6.07, 6.45) is 16.3. The smallest absolute Gasteiger partial charge is 0.394 e. The Morgan fingerprint density at radius 1 is 0.773 bits per heavy atom. The van der Waals surface area contributed by atoms with Gasteiger partial charge >= 0.3 is 10.4 Å². The van der Waals surface area contributed by atoms with E-state index in [0.717, 1.165) is 12.3 Å². The summed E-state index contributed by atoms with van der Waals surface area (Å²) < 4.78 is 31.6. The number of hydrogen-bond donors (Lipinski definition) is 3. The summed E-state index contributed by atoms with van der Waals surface area (Å²) in [5, 5.41) is 8.71. The average Bonchev–Trinajstić information content (AvgIpc) is 2.40. The van der Waals surface area contributed by atoms with Gasteiger partial charge in [0.1, 0.15) is 0 Å². The summed E-state index contributed by atoms with van der Waals surface area (Å²) in [7, 11) is -4.67. The van der Waals surface area contributed by atoms with Crippen molar-refractivity contribution < 1.29 is 22.6 Å². The van der Waals surface area contributed by atoms with Crippen LogP contribution in [-0.2, 0) is 10.4 Å². The van der Waals surface area contributed by atoms with E-state index in [4.69, 9.17) is 22.6 Å². The van der Waals surface area contributed by atoms with E-state index in [2.05, 4.69) is 13.8 Å². The highest BCUT2D eigenvalue weighted by atomic mass is 32.3. The van der Waals surface area contributed by atoms with Crippen LogP contribution in [0.2, 0.25) is 0 Å². The average molecular weight is 341 g/mol. The second-order valence-corrected chi connectivity index (χ2v) is 6.93. The van der Waals surface area contributed by atoms with Crippen LogP contribution in [-0.4, -0.2) is 29.2 Å². The molecule has 0 bridgehead atoms. The maximum atomic E-state index is 8.74. The molecule has 0 saturated carbocycles. The summed E-state index contributed by atoms with van der Waals surface area (Å²) in [4.78, 5) is 0. The molecule has 0 aromatic rings. The molecule has 22 heavy (non-hydrogen) atoms. The first-order valence-corrected chi connectivity index (χ1v) is 10.0. The van der Waals surface area contributed by atoms with Crippen molar-refractivity contribution in [1.29, 1.82) is 0 Å². The fraction of sp³-hybridized carbons (Fsp3) is 1.00. The highest BCUT2D eigenvalue weighted by molar-refractivity contribution is 7.79. The van der Waals surface area contributed by atoms with Crippen molar-refractivity contribution in [2.45, 2.75) is 90.9 Å². The molecule has 0 aromatic carbocycles. The molecule has 0 aliphatic heterocycles. The summed E-state index contributed by atoms with van der Waals surface area (Å²) >= 11 is 0. The van der Waals surface area contributed by atoms with Crippen LogP contribution in [0.25, 0.3) is 0 Å². The van der Waals surface area contributed by atoms with Gasteiger partial charge < -0.3 is 5.11 Å². The van der Waals surface area contributed by atoms with Crippen LogP contribution in [0.15, 0.2) is 0 Å². The third kappa shape index (κ3) is 32.0. The molecule has 0 saturated heterocycles. The van der Waals surface area contributed by atoms with Crippen molar-refractivity contribution in [3.63, 3.8) is 0 Å². The number of aliphatic hydroxyl groups is 1. The Morgan fingerprint density at radius 3 is 1.55 bits per heavy atom. The van der Waals surface area contributed by atoms with Crippen molar-refractivity contribution in [3.05, 3.63) is 0 Å². The van der Waals surface area contributed by atoms with Gasteiger partial charge in [-0.2, -0.15) is 8.42 Å². The first kappa shape index (κ1) is 24.1. The van der Waals surface area contributed by atoms with Crippen LogP contribution >= 0.6 is 0 Å². The second kappa shape index (κ2) is 17.2. The van der Waals surface area contributed by atoms with E-state index in [1.165, 1.54) is 70.6 Å². The lowest BCUT2D eigenvalue weighted by Gasteiger charge is -2.10. The molecule has 0 amide bonds. The monoisotopic (exact) mass is 340 g/mol. The minimum atomic E-state index is -4.67. The zero-order chi connectivity index (χ0) is 17.3. The first-order valence-electron chi connectivity index (χ1n) is 8.62. The molecule has 0 spiro atoms. The maximum Gasteiger partial charge on any atom is 0.394 e. The number of rotatable bonds is 13. The van der Waals surface area contributed by atoms with Crippen LogP contribution in [0, 0.1) is 5.92 Å². The lowest BCUT2D eigenvalue weighted by molar-refractivity contribution is 0.277. The van der Waals surface area contributed by atoms with Crippen LogP contribution < -0.4 is 0 Å². The fourth-order valence-electron chi connectivity index (χ4n) is 2.38. The van der Waals surface area contributed by atoms with Crippen molar-refractivity contribution >= 4 is 10.4 Å². The quantitative estimate of drug-likeness (QED) is 0.335. The Hall–Kier alpha value is -0.170. The zero-order valence-corrected chi connectivity index (χ0v) is 15.2. The standard InChI is InChI=1S/C16H34O.H2O4S/c1-3-4-5-6-7-8-9-10-13-16(2)14-11-12-15-17;1-5(2,3)4/h16-17H,3-15H2,1-2H3;(H2,1,2,3,4). The molecule has 5 nitrogen and oxygen atoms in total. The first-order chi connectivity index (χ1) is 10.3. The van der Waals surface area contributed by atoms with Crippen molar-refractivity contribution in [2.75, 3.05) is 6.61 Å². The number of unbranched alkanes of at least 4 members (excludes halogenated alkanes) is 8. The molecular weight excluding hydrogens is 304 g/mol. The Bertz CT molecular complexity index is 296. The van der Waals surface area contributed by atoms with Crippen LogP contribution in [0.4, 0.5) is 0 Å².